The van der Waals surface area contributed by atoms with Crippen LogP contribution in [0.2, 0.25) is 0 Å². The summed E-state index contributed by atoms with van der Waals surface area (Å²) in [5.74, 6) is 2.49. The maximum Gasteiger partial charge on any atom is 0.234 e. The largest absolute Gasteiger partial charge is 0.353 e. The first-order valence-electron chi connectivity index (χ1n) is 7.95. The molecule has 0 bridgehead atoms. The zero-order valence-corrected chi connectivity index (χ0v) is 14.4. The zero-order valence-electron chi connectivity index (χ0n) is 13.6. The van der Waals surface area contributed by atoms with Crippen LogP contribution in [0, 0.1) is 0 Å². The predicted molar refractivity (Wildman–Crippen MR) is 94.3 cm³/mol. The van der Waals surface area contributed by atoms with Gasteiger partial charge < -0.3 is 10.2 Å². The van der Waals surface area contributed by atoms with Crippen LogP contribution >= 0.6 is 11.8 Å². The van der Waals surface area contributed by atoms with Crippen LogP contribution in [0.25, 0.3) is 0 Å². The number of hydrogen-bond acceptors (Lipinski definition) is 4. The number of benzene rings is 1. The van der Waals surface area contributed by atoms with E-state index in [0.29, 0.717) is 13.1 Å². The second-order valence-electron chi connectivity index (χ2n) is 5.94. The van der Waals surface area contributed by atoms with Crippen LogP contribution in [0.1, 0.15) is 18.0 Å². The molecule has 1 aromatic carbocycles. The van der Waals surface area contributed by atoms with Crippen LogP contribution in [0.15, 0.2) is 30.3 Å². The van der Waals surface area contributed by atoms with E-state index in [1.54, 1.807) is 0 Å². The van der Waals surface area contributed by atoms with Gasteiger partial charge in [-0.3, -0.25) is 9.69 Å². The SMILES string of the molecule is CN(C)[C@H](CNC(=O)CN1CCCSCC1)c1ccccc1. The van der Waals surface area contributed by atoms with Gasteiger partial charge in [-0.2, -0.15) is 11.8 Å². The summed E-state index contributed by atoms with van der Waals surface area (Å²) < 4.78 is 0. The standard InChI is InChI=1S/C17H27N3OS/c1-19(2)16(15-7-4-3-5-8-15)13-18-17(21)14-20-9-6-11-22-12-10-20/h3-5,7-8,16H,6,9-14H2,1-2H3,(H,18,21)/t16-/m1/s1. The van der Waals surface area contributed by atoms with Gasteiger partial charge in [0.15, 0.2) is 0 Å². The van der Waals surface area contributed by atoms with E-state index in [9.17, 15) is 4.79 Å². The van der Waals surface area contributed by atoms with E-state index in [1.165, 1.54) is 17.7 Å². The van der Waals surface area contributed by atoms with Gasteiger partial charge in [-0.05, 0) is 38.4 Å². The molecule has 1 amide bonds. The van der Waals surface area contributed by atoms with Crippen LogP contribution in [0.5, 0.6) is 0 Å². The van der Waals surface area contributed by atoms with Crippen LogP contribution in [-0.4, -0.2) is 67.5 Å². The van der Waals surface area contributed by atoms with Crippen molar-refractivity contribution in [1.29, 1.82) is 0 Å². The Balaban J connectivity index is 1.82. The third-order valence-electron chi connectivity index (χ3n) is 3.98. The molecule has 22 heavy (non-hydrogen) atoms. The first-order chi connectivity index (χ1) is 10.7. The van der Waals surface area contributed by atoms with Crippen LogP contribution in [0.3, 0.4) is 0 Å². The third kappa shape index (κ3) is 5.63. The monoisotopic (exact) mass is 321 g/mol. The molecule has 0 spiro atoms. The highest BCUT2D eigenvalue weighted by Gasteiger charge is 2.17. The number of nitrogens with zero attached hydrogens (tertiary/aromatic N) is 2. The minimum Gasteiger partial charge on any atom is -0.353 e. The summed E-state index contributed by atoms with van der Waals surface area (Å²) in [6.07, 6.45) is 1.18. The van der Waals surface area contributed by atoms with Gasteiger partial charge in [-0.25, -0.2) is 0 Å². The van der Waals surface area contributed by atoms with Gasteiger partial charge in [0, 0.05) is 18.8 Å². The number of hydrogen-bond donors (Lipinski definition) is 1. The molecule has 0 aromatic heterocycles. The van der Waals surface area contributed by atoms with Crippen LogP contribution in [0.4, 0.5) is 0 Å². The summed E-state index contributed by atoms with van der Waals surface area (Å²) in [5.41, 5.74) is 1.24. The highest BCUT2D eigenvalue weighted by atomic mass is 32.2. The zero-order chi connectivity index (χ0) is 15.8. The molecule has 0 unspecified atom stereocenters. The Bertz CT molecular complexity index is 444. The quantitative estimate of drug-likeness (QED) is 0.867. The van der Waals surface area contributed by atoms with Crippen LogP contribution < -0.4 is 5.32 Å². The van der Waals surface area contributed by atoms with Gasteiger partial charge in [0.25, 0.3) is 0 Å². The molecule has 0 saturated carbocycles. The summed E-state index contributed by atoms with van der Waals surface area (Å²) in [4.78, 5) is 16.6. The van der Waals surface area contributed by atoms with Crippen molar-refractivity contribution in [3.8, 4) is 0 Å². The number of rotatable bonds is 6. The van der Waals surface area contributed by atoms with Gasteiger partial charge in [-0.15, -0.1) is 0 Å². The van der Waals surface area contributed by atoms with E-state index in [1.807, 2.05) is 30.0 Å². The first kappa shape index (κ1) is 17.3. The molecule has 1 aliphatic rings. The molecule has 1 aliphatic heterocycles. The maximum atomic E-state index is 12.2. The summed E-state index contributed by atoms with van der Waals surface area (Å²) in [5, 5.41) is 3.10. The molecule has 5 heteroatoms. The second-order valence-corrected chi connectivity index (χ2v) is 7.16. The minimum absolute atomic E-state index is 0.134. The molecule has 122 valence electrons. The van der Waals surface area contributed by atoms with E-state index in [0.717, 1.165) is 18.8 Å². The Morgan fingerprint density at radius 1 is 1.27 bits per heavy atom. The molecule has 1 heterocycles. The van der Waals surface area contributed by atoms with E-state index in [4.69, 9.17) is 0 Å². The molecule has 0 radical (unpaired) electrons. The molecule has 1 N–H and O–H groups in total. The molecule has 1 fully saturated rings. The summed E-state index contributed by atoms with van der Waals surface area (Å²) in [7, 11) is 4.10. The predicted octanol–water partition coefficient (Wildman–Crippen LogP) is 1.84. The molecular weight excluding hydrogens is 294 g/mol. The molecule has 1 aromatic rings. The lowest BCUT2D eigenvalue weighted by Gasteiger charge is -2.26. The number of nitrogens with one attached hydrogen (secondary N) is 1. The highest BCUT2D eigenvalue weighted by Crippen LogP contribution is 2.16. The van der Waals surface area contributed by atoms with Crippen molar-refractivity contribution in [2.45, 2.75) is 12.5 Å². The molecular formula is C17H27N3OS. The maximum absolute atomic E-state index is 12.2. The van der Waals surface area contributed by atoms with Crippen molar-refractivity contribution in [3.63, 3.8) is 0 Å². The van der Waals surface area contributed by atoms with Crippen LogP contribution in [-0.2, 0) is 4.79 Å². The van der Waals surface area contributed by atoms with E-state index in [-0.39, 0.29) is 11.9 Å². The molecule has 1 saturated heterocycles. The summed E-state index contributed by atoms with van der Waals surface area (Å²) >= 11 is 1.99. The fourth-order valence-corrected chi connectivity index (χ4v) is 3.62. The topological polar surface area (TPSA) is 35.6 Å². The Hall–Kier alpha value is -1.04. The second kappa shape index (κ2) is 9.18. The lowest BCUT2D eigenvalue weighted by Crippen LogP contribution is -2.41. The number of thioether (sulfide) groups is 1. The lowest BCUT2D eigenvalue weighted by molar-refractivity contribution is -0.122. The molecule has 2 rings (SSSR count). The summed E-state index contributed by atoms with van der Waals surface area (Å²) in [6.45, 7) is 3.23. The third-order valence-corrected chi connectivity index (χ3v) is 5.03. The lowest BCUT2D eigenvalue weighted by atomic mass is 10.1. The summed E-state index contributed by atoms with van der Waals surface area (Å²) in [6, 6.07) is 10.5. The molecule has 0 aliphatic carbocycles. The highest BCUT2D eigenvalue weighted by molar-refractivity contribution is 7.99. The van der Waals surface area contributed by atoms with Crippen molar-refractivity contribution >= 4 is 17.7 Å². The molecule has 4 nitrogen and oxygen atoms in total. The van der Waals surface area contributed by atoms with E-state index >= 15 is 0 Å². The van der Waals surface area contributed by atoms with Gasteiger partial charge in [0.2, 0.25) is 5.91 Å². The van der Waals surface area contributed by atoms with Gasteiger partial charge >= 0.3 is 0 Å². The number of carbonyl (C=O) groups excluding carboxylic acids is 1. The molecule has 1 atom stereocenters. The van der Waals surface area contributed by atoms with Gasteiger partial charge in [-0.1, -0.05) is 30.3 Å². The Kier molecular flexibility index (Phi) is 7.22. The smallest absolute Gasteiger partial charge is 0.234 e. The van der Waals surface area contributed by atoms with Crippen molar-refractivity contribution in [1.82, 2.24) is 15.1 Å². The Labute approximate surface area is 138 Å². The van der Waals surface area contributed by atoms with Crippen molar-refractivity contribution in [2.75, 3.05) is 51.8 Å². The van der Waals surface area contributed by atoms with Crippen molar-refractivity contribution < 1.29 is 4.79 Å². The number of carbonyl (C=O) groups is 1. The van der Waals surface area contributed by atoms with Gasteiger partial charge in [0.1, 0.15) is 0 Å². The van der Waals surface area contributed by atoms with Crippen molar-refractivity contribution in [2.24, 2.45) is 0 Å². The number of amides is 1. The van der Waals surface area contributed by atoms with Crippen molar-refractivity contribution in [3.05, 3.63) is 35.9 Å². The Morgan fingerprint density at radius 2 is 2.05 bits per heavy atom. The average molecular weight is 321 g/mol. The first-order valence-corrected chi connectivity index (χ1v) is 9.10. The minimum atomic E-state index is 0.134. The van der Waals surface area contributed by atoms with Gasteiger partial charge in [0.05, 0.1) is 12.6 Å². The Morgan fingerprint density at radius 3 is 2.77 bits per heavy atom. The fourth-order valence-electron chi connectivity index (χ4n) is 2.70. The number of likely N-dealkylation sites (N-methyl/N-ethyl adjacent to an activating group) is 1. The average Bonchev–Trinajstić information content (AvgIpc) is 2.77. The normalized spacial score (nSPS) is 18.0. The fraction of sp³-hybridized carbons (Fsp3) is 0.588. The van der Waals surface area contributed by atoms with E-state index in [2.05, 4.69) is 41.3 Å². The van der Waals surface area contributed by atoms with E-state index < -0.39 is 0 Å².